The van der Waals surface area contributed by atoms with Crippen LogP contribution < -0.4 is 4.74 Å². The molecule has 0 bridgehead atoms. The molecule has 0 radical (unpaired) electrons. The number of alkyl halides is 3. The lowest BCUT2D eigenvalue weighted by molar-refractivity contribution is -0.137. The second-order valence-corrected chi connectivity index (χ2v) is 5.48. The summed E-state index contributed by atoms with van der Waals surface area (Å²) in [5.41, 5.74) is -0.0423. The standard InChI is InChI=1S/C19H13F3O3/c20-19(21,22)15-7-8-17(25-11-18(23)24)16(10-15)14-6-5-12-3-1-2-4-13(12)9-14/h1-10H,11H2,(H,23,24)/p+1. The molecule has 128 valence electrons. The fourth-order valence-corrected chi connectivity index (χ4v) is 2.56. The molecule has 6 heteroatoms. The molecule has 0 fully saturated rings. The predicted molar refractivity (Wildman–Crippen MR) is 89.5 cm³/mol. The summed E-state index contributed by atoms with van der Waals surface area (Å²) in [5, 5.41) is 10.7. The van der Waals surface area contributed by atoms with E-state index in [9.17, 15) is 13.2 Å². The topological polar surface area (TPSA) is 50.9 Å². The molecule has 0 aromatic heterocycles. The van der Waals surface area contributed by atoms with Gasteiger partial charge in [0.1, 0.15) is 5.75 Å². The largest absolute Gasteiger partial charge is 0.519 e. The van der Waals surface area contributed by atoms with Crippen molar-refractivity contribution in [3.05, 3.63) is 66.2 Å². The maximum Gasteiger partial charge on any atom is 0.519 e. The average Bonchev–Trinajstić information content (AvgIpc) is 2.58. The van der Waals surface area contributed by atoms with Gasteiger partial charge in [0.15, 0.2) is 0 Å². The Balaban J connectivity index is 2.13. The molecule has 3 aromatic carbocycles. The summed E-state index contributed by atoms with van der Waals surface area (Å²) in [6, 6.07) is 15.8. The molecule has 0 spiro atoms. The number of hydrogen-bond donors (Lipinski definition) is 1. The first-order chi connectivity index (χ1) is 11.8. The minimum Gasteiger partial charge on any atom is -0.475 e. The van der Waals surface area contributed by atoms with E-state index in [0.717, 1.165) is 22.9 Å². The summed E-state index contributed by atoms with van der Waals surface area (Å²) in [4.78, 5) is 8.87. The highest BCUT2D eigenvalue weighted by Gasteiger charge is 2.31. The highest BCUT2D eigenvalue weighted by atomic mass is 19.4. The van der Waals surface area contributed by atoms with Gasteiger partial charge >= 0.3 is 12.1 Å². The summed E-state index contributed by atoms with van der Waals surface area (Å²) in [6.07, 6.45) is -4.49. The zero-order chi connectivity index (χ0) is 18.0. The molecule has 0 aliphatic heterocycles. The molecule has 0 aliphatic rings. The van der Waals surface area contributed by atoms with Gasteiger partial charge in [-0.25, -0.2) is 0 Å². The number of fused-ring (bicyclic) bond motifs is 1. The van der Waals surface area contributed by atoms with Gasteiger partial charge in [0.05, 0.1) is 5.56 Å². The Morgan fingerprint density at radius 2 is 1.68 bits per heavy atom. The summed E-state index contributed by atoms with van der Waals surface area (Å²) in [6.45, 7) is -0.522. The average molecular weight is 347 g/mol. The Morgan fingerprint density at radius 3 is 2.36 bits per heavy atom. The Kier molecular flexibility index (Phi) is 4.35. The molecule has 3 nitrogen and oxygen atoms in total. The lowest BCUT2D eigenvalue weighted by Crippen LogP contribution is -2.11. The van der Waals surface area contributed by atoms with Crippen LogP contribution in [-0.4, -0.2) is 22.5 Å². The first kappa shape index (κ1) is 16.8. The molecular formula is C19H14F3O3+. The normalized spacial score (nSPS) is 11.5. The number of rotatable bonds is 4. The van der Waals surface area contributed by atoms with E-state index in [1.54, 1.807) is 12.1 Å². The molecular weight excluding hydrogens is 333 g/mol. The van der Waals surface area contributed by atoms with E-state index in [2.05, 4.69) is 0 Å². The number of benzene rings is 3. The van der Waals surface area contributed by atoms with Gasteiger partial charge in [0, 0.05) is 5.56 Å². The maximum absolute atomic E-state index is 13.1. The number of aliphatic hydroxyl groups excluding tert-OH is 1. The highest BCUT2D eigenvalue weighted by Crippen LogP contribution is 2.38. The molecule has 0 amide bonds. The van der Waals surface area contributed by atoms with Crippen molar-refractivity contribution in [2.45, 2.75) is 6.18 Å². The van der Waals surface area contributed by atoms with Crippen LogP contribution in [0.2, 0.25) is 0 Å². The van der Waals surface area contributed by atoms with Crippen LogP contribution in [0.1, 0.15) is 5.56 Å². The van der Waals surface area contributed by atoms with Gasteiger partial charge in [-0.2, -0.15) is 13.2 Å². The van der Waals surface area contributed by atoms with Crippen LogP contribution in [0, 0.1) is 0 Å². The van der Waals surface area contributed by atoms with E-state index in [1.165, 1.54) is 6.07 Å². The summed E-state index contributed by atoms with van der Waals surface area (Å²) >= 11 is 0. The minimum absolute atomic E-state index is 0.129. The third kappa shape index (κ3) is 3.74. The van der Waals surface area contributed by atoms with E-state index in [0.29, 0.717) is 5.56 Å². The zero-order valence-electron chi connectivity index (χ0n) is 12.9. The SMILES string of the molecule is OC(=[OH+])COc1ccc(C(F)(F)F)cc1-c1ccc2ccccc2c1. The molecule has 0 saturated heterocycles. The lowest BCUT2D eigenvalue weighted by atomic mass is 9.98. The third-order valence-electron chi connectivity index (χ3n) is 3.72. The van der Waals surface area contributed by atoms with Gasteiger partial charge in [0.2, 0.25) is 6.61 Å². The van der Waals surface area contributed by atoms with Crippen LogP contribution in [0.3, 0.4) is 0 Å². The Morgan fingerprint density at radius 1 is 0.960 bits per heavy atom. The van der Waals surface area contributed by atoms with Crippen molar-refractivity contribution < 1.29 is 27.8 Å². The molecule has 0 atom stereocenters. The van der Waals surface area contributed by atoms with Crippen molar-refractivity contribution in [3.63, 3.8) is 0 Å². The van der Waals surface area contributed by atoms with Crippen molar-refractivity contribution in [1.82, 2.24) is 0 Å². The fraction of sp³-hybridized carbons (Fsp3) is 0.105. The van der Waals surface area contributed by atoms with Crippen LogP contribution >= 0.6 is 0 Å². The molecule has 25 heavy (non-hydrogen) atoms. The molecule has 0 aliphatic carbocycles. The van der Waals surface area contributed by atoms with E-state index in [-0.39, 0.29) is 11.3 Å². The fourth-order valence-electron chi connectivity index (χ4n) is 2.56. The molecule has 0 heterocycles. The number of aliphatic carboxylic acids is 1. The molecule has 2 N–H and O–H groups in total. The Bertz CT molecular complexity index is 933. The van der Waals surface area contributed by atoms with E-state index < -0.39 is 24.3 Å². The first-order valence-electron chi connectivity index (χ1n) is 7.41. The van der Waals surface area contributed by atoms with Crippen LogP contribution in [0.15, 0.2) is 60.7 Å². The predicted octanol–water partition coefficient (Wildman–Crippen LogP) is 4.96. The first-order valence-corrected chi connectivity index (χ1v) is 7.41. The zero-order valence-corrected chi connectivity index (χ0v) is 12.9. The van der Waals surface area contributed by atoms with Crippen LogP contribution in [0.4, 0.5) is 13.2 Å². The second-order valence-electron chi connectivity index (χ2n) is 5.48. The van der Waals surface area contributed by atoms with Gasteiger partial charge in [-0.05, 0) is 40.6 Å². The third-order valence-corrected chi connectivity index (χ3v) is 3.72. The van der Waals surface area contributed by atoms with E-state index in [1.807, 2.05) is 30.3 Å². The van der Waals surface area contributed by atoms with Gasteiger partial charge in [-0.15, -0.1) is 0 Å². The number of ether oxygens (including phenoxy) is 1. The number of halogens is 3. The molecule has 0 unspecified atom stereocenters. The van der Waals surface area contributed by atoms with Crippen LogP contribution in [0.25, 0.3) is 21.9 Å². The number of carboxylic acid groups (broad SMARTS) is 1. The monoisotopic (exact) mass is 347 g/mol. The van der Waals surface area contributed by atoms with Crippen molar-refractivity contribution in [1.29, 1.82) is 0 Å². The lowest BCUT2D eigenvalue weighted by Gasteiger charge is -2.14. The van der Waals surface area contributed by atoms with Crippen LogP contribution in [0.5, 0.6) is 5.75 Å². The van der Waals surface area contributed by atoms with Gasteiger partial charge in [-0.3, -0.25) is 0 Å². The minimum atomic E-state index is -4.49. The van der Waals surface area contributed by atoms with Gasteiger partial charge in [0.25, 0.3) is 0 Å². The van der Waals surface area contributed by atoms with E-state index in [4.69, 9.17) is 14.6 Å². The van der Waals surface area contributed by atoms with Crippen molar-refractivity contribution in [2.75, 3.05) is 6.61 Å². The Labute approximate surface area is 141 Å². The van der Waals surface area contributed by atoms with E-state index >= 15 is 0 Å². The quantitative estimate of drug-likeness (QED) is 0.678. The summed E-state index contributed by atoms with van der Waals surface area (Å²) in [7, 11) is 0. The van der Waals surface area contributed by atoms with Crippen molar-refractivity contribution in [2.24, 2.45) is 0 Å². The highest BCUT2D eigenvalue weighted by molar-refractivity contribution is 5.88. The van der Waals surface area contributed by atoms with Crippen molar-refractivity contribution in [3.8, 4) is 16.9 Å². The Hall–Kier alpha value is -3.02. The maximum atomic E-state index is 13.1. The van der Waals surface area contributed by atoms with Crippen LogP contribution in [-0.2, 0) is 6.18 Å². The smallest absolute Gasteiger partial charge is 0.475 e. The molecule has 3 rings (SSSR count). The van der Waals surface area contributed by atoms with Gasteiger partial charge < -0.3 is 14.6 Å². The number of hydrogen-bond acceptors (Lipinski definition) is 1. The summed E-state index contributed by atoms with van der Waals surface area (Å²) < 4.78 is 44.4. The molecule has 3 aromatic rings. The summed E-state index contributed by atoms with van der Waals surface area (Å²) in [5.74, 6) is -0.826. The number of carboxylic acids is 1. The second kappa shape index (κ2) is 6.47. The van der Waals surface area contributed by atoms with Crippen molar-refractivity contribution >= 4 is 16.7 Å². The van der Waals surface area contributed by atoms with Gasteiger partial charge in [-0.1, -0.05) is 36.4 Å². The molecule has 0 saturated carbocycles.